The van der Waals surface area contributed by atoms with Gasteiger partial charge in [0.25, 0.3) is 0 Å². The number of thiophene rings is 1. The minimum Gasteiger partial charge on any atom is -0.310 e. The lowest BCUT2D eigenvalue weighted by atomic mass is 9.99. The van der Waals surface area contributed by atoms with Crippen molar-refractivity contribution in [1.82, 2.24) is 5.32 Å². The van der Waals surface area contributed by atoms with Gasteiger partial charge in [-0.1, -0.05) is 13.3 Å². The maximum Gasteiger partial charge on any atom is 0.0362 e. The Morgan fingerprint density at radius 3 is 2.88 bits per heavy atom. The maximum absolute atomic E-state index is 3.77. The summed E-state index contributed by atoms with van der Waals surface area (Å²) in [6.45, 7) is 3.42. The lowest BCUT2D eigenvalue weighted by Crippen LogP contribution is -2.25. The minimum absolute atomic E-state index is 0.654. The summed E-state index contributed by atoms with van der Waals surface area (Å²) in [7, 11) is 0. The molecule has 1 aromatic rings. The highest BCUT2D eigenvalue weighted by Crippen LogP contribution is 2.62. The SMILES string of the molecule is CCCNC(c1ccsc1)C1C2CCCC21. The fourth-order valence-electron chi connectivity index (χ4n) is 3.60. The van der Waals surface area contributed by atoms with Crippen LogP contribution in [0, 0.1) is 17.8 Å². The van der Waals surface area contributed by atoms with Crippen LogP contribution in [0.2, 0.25) is 0 Å². The van der Waals surface area contributed by atoms with Crippen molar-refractivity contribution in [2.24, 2.45) is 17.8 Å². The average Bonchev–Trinajstić information content (AvgIpc) is 2.79. The van der Waals surface area contributed by atoms with Crippen LogP contribution in [0.3, 0.4) is 0 Å². The lowest BCUT2D eigenvalue weighted by Gasteiger charge is -2.19. The van der Waals surface area contributed by atoms with Crippen LogP contribution in [0.4, 0.5) is 0 Å². The summed E-state index contributed by atoms with van der Waals surface area (Å²) in [6.07, 6.45) is 5.70. The quantitative estimate of drug-likeness (QED) is 0.817. The minimum atomic E-state index is 0.654. The van der Waals surface area contributed by atoms with E-state index >= 15 is 0 Å². The molecule has 2 saturated carbocycles. The van der Waals surface area contributed by atoms with E-state index in [4.69, 9.17) is 0 Å². The second kappa shape index (κ2) is 4.50. The Balaban J connectivity index is 1.70. The molecule has 16 heavy (non-hydrogen) atoms. The number of hydrogen-bond donors (Lipinski definition) is 1. The van der Waals surface area contributed by atoms with Crippen molar-refractivity contribution >= 4 is 11.3 Å². The third-order valence-electron chi connectivity index (χ3n) is 4.37. The molecule has 0 radical (unpaired) electrons. The fourth-order valence-corrected chi connectivity index (χ4v) is 4.30. The molecule has 3 rings (SSSR count). The van der Waals surface area contributed by atoms with E-state index < -0.39 is 0 Å². The van der Waals surface area contributed by atoms with Crippen LogP contribution in [-0.4, -0.2) is 6.54 Å². The molecule has 0 bridgehead atoms. The summed E-state index contributed by atoms with van der Waals surface area (Å²) in [5.41, 5.74) is 1.54. The third kappa shape index (κ3) is 1.82. The Labute approximate surface area is 102 Å². The topological polar surface area (TPSA) is 12.0 Å². The molecule has 3 unspecified atom stereocenters. The molecule has 3 atom stereocenters. The highest BCUT2D eigenvalue weighted by atomic mass is 32.1. The molecule has 1 heterocycles. The first-order chi connectivity index (χ1) is 7.92. The molecule has 0 aromatic carbocycles. The van der Waals surface area contributed by atoms with Gasteiger partial charge in [-0.25, -0.2) is 0 Å². The molecule has 1 nitrogen and oxygen atoms in total. The molecule has 88 valence electrons. The Morgan fingerprint density at radius 2 is 2.25 bits per heavy atom. The zero-order chi connectivity index (χ0) is 11.0. The van der Waals surface area contributed by atoms with Crippen molar-refractivity contribution in [3.8, 4) is 0 Å². The zero-order valence-electron chi connectivity index (χ0n) is 9.99. The number of nitrogens with one attached hydrogen (secondary N) is 1. The van der Waals surface area contributed by atoms with E-state index in [1.807, 2.05) is 11.3 Å². The Morgan fingerprint density at radius 1 is 1.44 bits per heavy atom. The van der Waals surface area contributed by atoms with Gasteiger partial charge >= 0.3 is 0 Å². The highest BCUT2D eigenvalue weighted by Gasteiger charge is 2.55. The van der Waals surface area contributed by atoms with Gasteiger partial charge in [-0.15, -0.1) is 0 Å². The predicted molar refractivity (Wildman–Crippen MR) is 69.7 cm³/mol. The number of hydrogen-bond acceptors (Lipinski definition) is 2. The summed E-state index contributed by atoms with van der Waals surface area (Å²) in [6, 6.07) is 2.97. The molecule has 2 aliphatic carbocycles. The van der Waals surface area contributed by atoms with Crippen molar-refractivity contribution in [2.45, 2.75) is 38.6 Å². The second-order valence-electron chi connectivity index (χ2n) is 5.32. The van der Waals surface area contributed by atoms with E-state index in [0.29, 0.717) is 6.04 Å². The van der Waals surface area contributed by atoms with Gasteiger partial charge in [0.05, 0.1) is 0 Å². The van der Waals surface area contributed by atoms with Crippen LogP contribution in [-0.2, 0) is 0 Å². The van der Waals surface area contributed by atoms with Gasteiger partial charge in [-0.05, 0) is 66.0 Å². The summed E-state index contributed by atoms with van der Waals surface area (Å²) >= 11 is 1.83. The van der Waals surface area contributed by atoms with Crippen LogP contribution in [0.15, 0.2) is 16.8 Å². The van der Waals surface area contributed by atoms with Crippen molar-refractivity contribution in [3.05, 3.63) is 22.4 Å². The predicted octanol–water partition coefficient (Wildman–Crippen LogP) is 3.83. The standard InChI is InChI=1S/C14H21NS/c1-2-7-15-14(10-6-8-16-9-10)13-11-4-3-5-12(11)13/h6,8-9,11-15H,2-5,7H2,1H3. The first-order valence-corrected chi connectivity index (χ1v) is 7.61. The largest absolute Gasteiger partial charge is 0.310 e. The normalized spacial score (nSPS) is 33.7. The maximum atomic E-state index is 3.77. The summed E-state index contributed by atoms with van der Waals surface area (Å²) in [4.78, 5) is 0. The Bertz CT molecular complexity index is 323. The van der Waals surface area contributed by atoms with Crippen LogP contribution in [0.1, 0.15) is 44.2 Å². The highest BCUT2D eigenvalue weighted by molar-refractivity contribution is 7.07. The fraction of sp³-hybridized carbons (Fsp3) is 0.714. The Kier molecular flexibility index (Phi) is 3.03. The molecular weight excluding hydrogens is 214 g/mol. The molecule has 0 saturated heterocycles. The molecule has 2 heteroatoms. The third-order valence-corrected chi connectivity index (χ3v) is 5.08. The lowest BCUT2D eigenvalue weighted by molar-refractivity contribution is 0.418. The van der Waals surface area contributed by atoms with Crippen LogP contribution in [0.25, 0.3) is 0 Å². The zero-order valence-corrected chi connectivity index (χ0v) is 10.8. The summed E-state index contributed by atoms with van der Waals surface area (Å²) < 4.78 is 0. The van der Waals surface area contributed by atoms with Crippen LogP contribution >= 0.6 is 11.3 Å². The second-order valence-corrected chi connectivity index (χ2v) is 6.10. The smallest absolute Gasteiger partial charge is 0.0362 e. The van der Waals surface area contributed by atoms with E-state index in [0.717, 1.165) is 24.3 Å². The average molecular weight is 235 g/mol. The molecule has 0 amide bonds. The van der Waals surface area contributed by atoms with Crippen LogP contribution in [0.5, 0.6) is 0 Å². The summed E-state index contributed by atoms with van der Waals surface area (Å²) in [5.74, 6) is 3.05. The van der Waals surface area contributed by atoms with Crippen molar-refractivity contribution in [3.63, 3.8) is 0 Å². The van der Waals surface area contributed by atoms with E-state index in [1.54, 1.807) is 0 Å². The van der Waals surface area contributed by atoms with Gasteiger partial charge in [0, 0.05) is 6.04 Å². The Hall–Kier alpha value is -0.340. The molecule has 1 aromatic heterocycles. The van der Waals surface area contributed by atoms with Gasteiger partial charge < -0.3 is 5.32 Å². The van der Waals surface area contributed by atoms with Gasteiger partial charge in [-0.3, -0.25) is 0 Å². The molecule has 2 aliphatic rings. The molecule has 2 fully saturated rings. The molecule has 0 aliphatic heterocycles. The van der Waals surface area contributed by atoms with Gasteiger partial charge in [0.2, 0.25) is 0 Å². The van der Waals surface area contributed by atoms with E-state index in [9.17, 15) is 0 Å². The van der Waals surface area contributed by atoms with Crippen molar-refractivity contribution in [1.29, 1.82) is 0 Å². The van der Waals surface area contributed by atoms with E-state index in [-0.39, 0.29) is 0 Å². The molecule has 1 N–H and O–H groups in total. The van der Waals surface area contributed by atoms with E-state index in [1.165, 1.54) is 31.2 Å². The van der Waals surface area contributed by atoms with Gasteiger partial charge in [0.15, 0.2) is 0 Å². The number of rotatable bonds is 5. The summed E-state index contributed by atoms with van der Waals surface area (Å²) in [5, 5.41) is 8.32. The number of fused-ring (bicyclic) bond motifs is 1. The van der Waals surface area contributed by atoms with Crippen molar-refractivity contribution in [2.75, 3.05) is 6.54 Å². The monoisotopic (exact) mass is 235 g/mol. The first-order valence-electron chi connectivity index (χ1n) is 6.67. The van der Waals surface area contributed by atoms with Crippen molar-refractivity contribution < 1.29 is 0 Å². The van der Waals surface area contributed by atoms with E-state index in [2.05, 4.69) is 29.1 Å². The first kappa shape index (κ1) is 10.8. The van der Waals surface area contributed by atoms with Gasteiger partial charge in [-0.2, -0.15) is 11.3 Å². The molecule has 0 spiro atoms. The molecular formula is C14H21NS. The van der Waals surface area contributed by atoms with Gasteiger partial charge in [0.1, 0.15) is 0 Å². The van der Waals surface area contributed by atoms with Crippen LogP contribution < -0.4 is 5.32 Å².